The Hall–Kier alpha value is -4.31. The summed E-state index contributed by atoms with van der Waals surface area (Å²) in [5, 5.41) is 0.998. The summed E-state index contributed by atoms with van der Waals surface area (Å²) in [7, 11) is -3.95. The first-order chi connectivity index (χ1) is 22.2. The van der Waals surface area contributed by atoms with Crippen LogP contribution < -0.4 is 13.9 Å². The SMILES string of the molecule is O=C1CN(c2cccc(-n3cc(-c4ccc(Cl)cc4Cl)nc3Cc3ccc(-c4ccc(N5CCCCC5)cc4)cc3)c2)S(=O)(=O)N1. The quantitative estimate of drug-likeness (QED) is 0.197. The van der Waals surface area contributed by atoms with Gasteiger partial charge >= 0.3 is 10.2 Å². The number of carbonyl (C=O) groups excluding carboxylic acids is 1. The molecule has 0 saturated carbocycles. The first-order valence-electron chi connectivity index (χ1n) is 15.2. The second-order valence-corrected chi connectivity index (χ2v) is 14.0. The van der Waals surface area contributed by atoms with Crippen molar-refractivity contribution < 1.29 is 13.2 Å². The lowest BCUT2D eigenvalue weighted by molar-refractivity contribution is -0.117. The summed E-state index contributed by atoms with van der Waals surface area (Å²) < 4.78 is 30.1. The van der Waals surface area contributed by atoms with Crippen molar-refractivity contribution in [1.29, 1.82) is 0 Å². The first-order valence-corrected chi connectivity index (χ1v) is 17.3. The van der Waals surface area contributed by atoms with Crippen LogP contribution >= 0.6 is 23.2 Å². The maximum Gasteiger partial charge on any atom is 0.326 e. The molecule has 2 aliphatic heterocycles. The van der Waals surface area contributed by atoms with Crippen LogP contribution in [-0.4, -0.2) is 43.5 Å². The standard InChI is InChI=1S/C35H31Cl2N5O3S/c36-27-13-16-31(32(37)20-27)33-22-41(29-5-4-6-30(21-29)42-23-35(43)39-46(42,44)45)34(38-33)19-24-7-9-25(10-8-24)26-11-14-28(15-12-26)40-17-2-1-3-18-40/h4-16,20-22H,1-3,17-19,23H2,(H,39,43). The highest BCUT2D eigenvalue weighted by atomic mass is 35.5. The molecular weight excluding hydrogens is 641 g/mol. The number of benzene rings is 4. The molecule has 2 fully saturated rings. The fourth-order valence-corrected chi connectivity index (χ4v) is 7.73. The van der Waals surface area contributed by atoms with Crippen molar-refractivity contribution >= 4 is 50.7 Å². The van der Waals surface area contributed by atoms with E-state index in [9.17, 15) is 13.2 Å². The molecule has 234 valence electrons. The van der Waals surface area contributed by atoms with E-state index in [0.717, 1.165) is 45.5 Å². The van der Waals surface area contributed by atoms with Gasteiger partial charge in [0.05, 0.1) is 16.4 Å². The van der Waals surface area contributed by atoms with Gasteiger partial charge in [-0.3, -0.25) is 4.79 Å². The topological polar surface area (TPSA) is 87.5 Å². The third-order valence-corrected chi connectivity index (χ3v) is 10.4. The maximum absolute atomic E-state index is 12.5. The largest absolute Gasteiger partial charge is 0.372 e. The number of nitrogens with zero attached hydrogens (tertiary/aromatic N) is 4. The van der Waals surface area contributed by atoms with Gasteiger partial charge in [0.15, 0.2) is 0 Å². The van der Waals surface area contributed by atoms with E-state index >= 15 is 0 Å². The van der Waals surface area contributed by atoms with Crippen LogP contribution in [0.3, 0.4) is 0 Å². The molecule has 0 bridgehead atoms. The number of imidazole rings is 1. The summed E-state index contributed by atoms with van der Waals surface area (Å²) in [5.41, 5.74) is 7.07. The molecule has 7 rings (SSSR count). The third-order valence-electron chi connectivity index (χ3n) is 8.44. The van der Waals surface area contributed by atoms with Gasteiger partial charge in [-0.2, -0.15) is 8.42 Å². The van der Waals surface area contributed by atoms with Crippen molar-refractivity contribution in [1.82, 2.24) is 14.3 Å². The lowest BCUT2D eigenvalue weighted by Crippen LogP contribution is -2.29. The van der Waals surface area contributed by atoms with Gasteiger partial charge in [-0.15, -0.1) is 0 Å². The van der Waals surface area contributed by atoms with Crippen molar-refractivity contribution in [2.75, 3.05) is 28.8 Å². The van der Waals surface area contributed by atoms with E-state index in [2.05, 4.69) is 53.4 Å². The minimum atomic E-state index is -3.95. The highest BCUT2D eigenvalue weighted by Gasteiger charge is 2.34. The normalized spacial score (nSPS) is 16.1. The van der Waals surface area contributed by atoms with Crippen LogP contribution in [0.4, 0.5) is 11.4 Å². The molecule has 5 aromatic rings. The van der Waals surface area contributed by atoms with Gasteiger partial charge in [-0.1, -0.05) is 65.7 Å². The van der Waals surface area contributed by atoms with E-state index in [1.807, 2.05) is 27.6 Å². The van der Waals surface area contributed by atoms with E-state index in [0.29, 0.717) is 33.5 Å². The number of halogens is 2. The van der Waals surface area contributed by atoms with E-state index in [4.69, 9.17) is 28.2 Å². The third kappa shape index (κ3) is 6.23. The number of hydrogen-bond acceptors (Lipinski definition) is 5. The van der Waals surface area contributed by atoms with Crippen LogP contribution in [0.15, 0.2) is 97.2 Å². The maximum atomic E-state index is 12.5. The summed E-state index contributed by atoms with van der Waals surface area (Å²) in [4.78, 5) is 19.3. The molecule has 0 radical (unpaired) electrons. The minimum Gasteiger partial charge on any atom is -0.372 e. The number of rotatable bonds is 7. The predicted octanol–water partition coefficient (Wildman–Crippen LogP) is 7.28. The van der Waals surface area contributed by atoms with Crippen LogP contribution in [0.2, 0.25) is 10.0 Å². The van der Waals surface area contributed by atoms with Crippen LogP contribution in [0.5, 0.6) is 0 Å². The van der Waals surface area contributed by atoms with Crippen molar-refractivity contribution in [2.24, 2.45) is 0 Å². The van der Waals surface area contributed by atoms with Gasteiger partial charge in [0.25, 0.3) is 5.91 Å². The van der Waals surface area contributed by atoms with Gasteiger partial charge in [0.1, 0.15) is 12.4 Å². The first kappa shape index (κ1) is 30.3. The smallest absolute Gasteiger partial charge is 0.326 e. The summed E-state index contributed by atoms with van der Waals surface area (Å²) in [5.74, 6) is 0.157. The van der Waals surface area contributed by atoms with Crippen molar-refractivity contribution in [3.05, 3.63) is 119 Å². The Morgan fingerprint density at radius 1 is 0.783 bits per heavy atom. The van der Waals surface area contributed by atoms with E-state index in [-0.39, 0.29) is 6.54 Å². The van der Waals surface area contributed by atoms with Crippen LogP contribution in [0.25, 0.3) is 28.1 Å². The Morgan fingerprint density at radius 2 is 1.48 bits per heavy atom. The number of anilines is 2. The van der Waals surface area contributed by atoms with Crippen molar-refractivity contribution in [3.8, 4) is 28.1 Å². The lowest BCUT2D eigenvalue weighted by Gasteiger charge is -2.28. The molecule has 1 amide bonds. The average molecular weight is 673 g/mol. The monoisotopic (exact) mass is 671 g/mol. The molecule has 4 aromatic carbocycles. The van der Waals surface area contributed by atoms with Gasteiger partial charge in [0, 0.05) is 47.7 Å². The fraction of sp³-hybridized carbons (Fsp3) is 0.200. The van der Waals surface area contributed by atoms with Gasteiger partial charge in [0.2, 0.25) is 0 Å². The van der Waals surface area contributed by atoms with Crippen LogP contribution in [0.1, 0.15) is 30.7 Å². The molecule has 1 aromatic heterocycles. The molecule has 1 N–H and O–H groups in total. The lowest BCUT2D eigenvalue weighted by atomic mass is 10.0. The second kappa shape index (κ2) is 12.5. The average Bonchev–Trinajstić information content (AvgIpc) is 3.60. The molecule has 46 heavy (non-hydrogen) atoms. The van der Waals surface area contributed by atoms with Gasteiger partial charge < -0.3 is 9.47 Å². The molecule has 0 spiro atoms. The van der Waals surface area contributed by atoms with Gasteiger partial charge in [-0.25, -0.2) is 14.0 Å². The Morgan fingerprint density at radius 3 is 2.15 bits per heavy atom. The van der Waals surface area contributed by atoms with Crippen LogP contribution in [-0.2, 0) is 21.4 Å². The zero-order valence-corrected chi connectivity index (χ0v) is 27.2. The zero-order chi connectivity index (χ0) is 31.8. The Labute approximate surface area is 278 Å². The zero-order valence-electron chi connectivity index (χ0n) is 24.9. The summed E-state index contributed by atoms with van der Waals surface area (Å²) in [6.07, 6.45) is 6.20. The molecule has 0 atom stereocenters. The molecule has 2 aliphatic rings. The Balaban J connectivity index is 1.20. The number of carbonyl (C=O) groups is 1. The highest BCUT2D eigenvalue weighted by molar-refractivity contribution is 7.92. The number of piperidine rings is 1. The highest BCUT2D eigenvalue weighted by Crippen LogP contribution is 2.33. The number of nitrogens with one attached hydrogen (secondary N) is 1. The fourth-order valence-electron chi connectivity index (χ4n) is 6.08. The molecule has 0 aliphatic carbocycles. The van der Waals surface area contributed by atoms with E-state index in [1.54, 1.807) is 30.3 Å². The van der Waals surface area contributed by atoms with Crippen LogP contribution in [0, 0.1) is 0 Å². The van der Waals surface area contributed by atoms with Crippen molar-refractivity contribution in [2.45, 2.75) is 25.7 Å². The summed E-state index contributed by atoms with van der Waals surface area (Å²) in [6.45, 7) is 1.96. The molecular formula is C35H31Cl2N5O3S. The predicted molar refractivity (Wildman–Crippen MR) is 184 cm³/mol. The Kier molecular flexibility index (Phi) is 8.23. The number of hydrogen-bond donors (Lipinski definition) is 1. The molecule has 11 heteroatoms. The van der Waals surface area contributed by atoms with E-state index in [1.165, 1.54) is 24.9 Å². The molecule has 2 saturated heterocycles. The molecule has 3 heterocycles. The van der Waals surface area contributed by atoms with Gasteiger partial charge in [-0.05, 0) is 84.5 Å². The Bertz CT molecular complexity index is 2020. The van der Waals surface area contributed by atoms with E-state index < -0.39 is 16.1 Å². The van der Waals surface area contributed by atoms with Crippen molar-refractivity contribution in [3.63, 3.8) is 0 Å². The number of amides is 1. The summed E-state index contributed by atoms with van der Waals surface area (Å²) in [6, 6.07) is 29.5. The summed E-state index contributed by atoms with van der Waals surface area (Å²) >= 11 is 12.7. The minimum absolute atomic E-state index is 0.276. The second-order valence-electron chi connectivity index (χ2n) is 11.6. The number of aromatic nitrogens is 2. The molecule has 0 unspecified atom stereocenters. The molecule has 8 nitrogen and oxygen atoms in total.